The number of methoxy groups -OCH3 is 1. The first kappa shape index (κ1) is 26.5. The molecule has 1 amide bonds. The lowest BCUT2D eigenvalue weighted by Gasteiger charge is -2.38. The molecule has 4 N–H and O–H groups in total. The molecule has 0 spiro atoms. The smallest absolute Gasteiger partial charge is 0.272 e. The Morgan fingerprint density at radius 1 is 1.29 bits per heavy atom. The van der Waals surface area contributed by atoms with Crippen LogP contribution in [0.2, 0.25) is 10.0 Å². The van der Waals surface area contributed by atoms with Gasteiger partial charge in [0, 0.05) is 55.8 Å². The number of anilines is 1. The Hall–Kier alpha value is -2.10. The Labute approximate surface area is 211 Å². The second kappa shape index (κ2) is 12.6. The van der Waals surface area contributed by atoms with Crippen LogP contribution in [0.15, 0.2) is 46.7 Å². The Bertz CT molecular complexity index is 945. The van der Waals surface area contributed by atoms with Crippen LogP contribution in [0.1, 0.15) is 26.2 Å². The second-order valence-corrected chi connectivity index (χ2v) is 9.28. The van der Waals surface area contributed by atoms with Crippen LogP contribution in [0.4, 0.5) is 5.69 Å². The van der Waals surface area contributed by atoms with E-state index in [1.165, 1.54) is 0 Å². The highest BCUT2D eigenvalue weighted by atomic mass is 35.5. The first-order valence-electron chi connectivity index (χ1n) is 11.4. The van der Waals surface area contributed by atoms with Gasteiger partial charge in [-0.05, 0) is 44.4 Å². The molecule has 2 heterocycles. The van der Waals surface area contributed by atoms with Crippen LogP contribution in [0, 0.1) is 0 Å². The van der Waals surface area contributed by atoms with Gasteiger partial charge in [-0.25, -0.2) is 4.99 Å². The number of hydrogen-bond acceptors (Lipinski definition) is 6. The zero-order valence-electron chi connectivity index (χ0n) is 19.7. The number of piperidine rings is 1. The molecule has 0 aromatic heterocycles. The Morgan fingerprint density at radius 3 is 2.68 bits per heavy atom. The topological polar surface area (TPSA) is 101 Å². The molecule has 2 atom stereocenters. The fourth-order valence-corrected chi connectivity index (χ4v) is 4.51. The Balaban J connectivity index is 1.63. The molecule has 0 radical (unpaired) electrons. The van der Waals surface area contributed by atoms with Crippen LogP contribution >= 0.6 is 23.2 Å². The third-order valence-electron chi connectivity index (χ3n) is 6.27. The summed E-state index contributed by atoms with van der Waals surface area (Å²) in [5, 5.41) is 7.74. The van der Waals surface area contributed by atoms with E-state index in [0.29, 0.717) is 52.7 Å². The van der Waals surface area contributed by atoms with Crippen molar-refractivity contribution in [1.82, 2.24) is 10.2 Å². The van der Waals surface area contributed by atoms with E-state index in [0.717, 1.165) is 32.2 Å². The van der Waals surface area contributed by atoms with Gasteiger partial charge in [0.05, 0.1) is 29.1 Å². The number of carbonyl (C=O) groups excluding carboxylic acids is 1. The van der Waals surface area contributed by atoms with Crippen LogP contribution in [0.3, 0.4) is 0 Å². The number of hydrogen-bond donors (Lipinski definition) is 3. The molecular weight excluding hydrogens is 477 g/mol. The summed E-state index contributed by atoms with van der Waals surface area (Å²) in [6, 6.07) is 5.75. The molecule has 34 heavy (non-hydrogen) atoms. The lowest BCUT2D eigenvalue weighted by molar-refractivity contribution is -0.128. The van der Waals surface area contributed by atoms with E-state index in [1.807, 2.05) is 4.90 Å². The summed E-state index contributed by atoms with van der Waals surface area (Å²) in [5.74, 6) is -0.171. The van der Waals surface area contributed by atoms with Crippen molar-refractivity contribution in [2.75, 3.05) is 38.7 Å². The molecular formula is C24H33Cl2N5O3. The summed E-state index contributed by atoms with van der Waals surface area (Å²) < 4.78 is 11.1. The quantitative estimate of drug-likeness (QED) is 0.214. The fourth-order valence-electron chi connectivity index (χ4n) is 4.21. The minimum absolute atomic E-state index is 0.0542. The van der Waals surface area contributed by atoms with Gasteiger partial charge in [0.2, 0.25) is 0 Å². The number of allylic oxidation sites excluding steroid dienone is 1. The molecule has 2 aliphatic heterocycles. The first-order chi connectivity index (χ1) is 16.3. The molecule has 2 fully saturated rings. The molecule has 0 saturated carbocycles. The number of carbonyl (C=O) groups is 1. The van der Waals surface area contributed by atoms with Crippen molar-refractivity contribution in [3.05, 3.63) is 51.8 Å². The molecule has 3 rings (SSSR count). The highest BCUT2D eigenvalue weighted by molar-refractivity contribution is 6.42. The fraction of sp³-hybridized carbons (Fsp3) is 0.500. The number of likely N-dealkylation sites (tertiary alicyclic amines) is 1. The molecule has 186 valence electrons. The van der Waals surface area contributed by atoms with Gasteiger partial charge in [0.1, 0.15) is 5.70 Å². The molecule has 0 bridgehead atoms. The molecule has 1 aromatic rings. The number of amides is 1. The maximum Gasteiger partial charge on any atom is 0.272 e. The predicted octanol–water partition coefficient (Wildman–Crippen LogP) is 3.56. The Kier molecular flexibility index (Phi) is 9.79. The van der Waals surface area contributed by atoms with Crippen molar-refractivity contribution in [2.45, 2.75) is 44.4 Å². The molecule has 1 aromatic carbocycles. The number of ether oxygens (including phenoxy) is 2. The average Bonchev–Trinajstić information content (AvgIpc) is 2.84. The summed E-state index contributed by atoms with van der Waals surface area (Å²) in [4.78, 5) is 19.3. The lowest BCUT2D eigenvalue weighted by Crippen LogP contribution is -2.54. The van der Waals surface area contributed by atoms with Crippen LogP contribution in [-0.2, 0) is 14.3 Å². The first-order valence-corrected chi connectivity index (χ1v) is 12.1. The second-order valence-electron chi connectivity index (χ2n) is 8.46. The van der Waals surface area contributed by atoms with Crippen LogP contribution in [-0.4, -0.2) is 68.7 Å². The number of aliphatic imine (C=N–C) groups is 1. The van der Waals surface area contributed by atoms with Gasteiger partial charge in [-0.3, -0.25) is 4.79 Å². The van der Waals surface area contributed by atoms with E-state index < -0.39 is 0 Å². The molecule has 10 heteroatoms. The lowest BCUT2D eigenvalue weighted by atomic mass is 9.99. The standard InChI is InChI=1S/C24H33Cl2N5O3/c1-15(16(2)29-18-4-5-19(25)20(26)12-18)23(28-14-27)24(32)31-9-6-17(7-10-31)30-21-8-11-34-13-22(21)33-3/h4-5,12,14,17,21-22,29-30H,2,6-11,13H2,1,3H3,(H2,27,28)/b23-15-. The van der Waals surface area contributed by atoms with Gasteiger partial charge in [0.25, 0.3) is 5.91 Å². The van der Waals surface area contributed by atoms with Crippen molar-refractivity contribution < 1.29 is 14.3 Å². The van der Waals surface area contributed by atoms with E-state index in [1.54, 1.807) is 32.2 Å². The van der Waals surface area contributed by atoms with E-state index >= 15 is 0 Å². The maximum atomic E-state index is 13.3. The van der Waals surface area contributed by atoms with Gasteiger partial charge >= 0.3 is 0 Å². The van der Waals surface area contributed by atoms with Gasteiger partial charge < -0.3 is 30.7 Å². The van der Waals surface area contributed by atoms with Crippen molar-refractivity contribution in [3.63, 3.8) is 0 Å². The Morgan fingerprint density at radius 2 is 2.03 bits per heavy atom. The maximum absolute atomic E-state index is 13.3. The van der Waals surface area contributed by atoms with E-state index in [9.17, 15) is 4.79 Å². The molecule has 8 nitrogen and oxygen atoms in total. The molecule has 2 aliphatic rings. The summed E-state index contributed by atoms with van der Waals surface area (Å²) >= 11 is 12.1. The number of halogens is 2. The highest BCUT2D eigenvalue weighted by Crippen LogP contribution is 2.27. The van der Waals surface area contributed by atoms with Crippen LogP contribution < -0.4 is 16.4 Å². The predicted molar refractivity (Wildman–Crippen MR) is 137 cm³/mol. The van der Waals surface area contributed by atoms with Gasteiger partial charge in [-0.1, -0.05) is 29.8 Å². The number of nitrogens with two attached hydrogens (primary N) is 1. The zero-order valence-corrected chi connectivity index (χ0v) is 21.2. The third-order valence-corrected chi connectivity index (χ3v) is 7.01. The van der Waals surface area contributed by atoms with E-state index in [4.69, 9.17) is 38.4 Å². The minimum Gasteiger partial charge on any atom is -0.390 e. The third kappa shape index (κ3) is 6.73. The SMILES string of the molecule is C=C(Nc1ccc(Cl)c(Cl)c1)/C(C)=C(\N=C/N)C(=O)N1CCC(NC2CCOCC2OC)CC1. The van der Waals surface area contributed by atoms with Crippen molar-refractivity contribution in [3.8, 4) is 0 Å². The number of rotatable bonds is 8. The largest absolute Gasteiger partial charge is 0.390 e. The normalized spacial score (nSPS) is 22.5. The number of benzene rings is 1. The average molecular weight is 510 g/mol. The summed E-state index contributed by atoms with van der Waals surface area (Å²) in [5.41, 5.74) is 7.65. The summed E-state index contributed by atoms with van der Waals surface area (Å²) in [7, 11) is 1.72. The zero-order chi connectivity index (χ0) is 24.7. The number of nitrogens with one attached hydrogen (secondary N) is 2. The summed E-state index contributed by atoms with van der Waals surface area (Å²) in [6.07, 6.45) is 3.80. The van der Waals surface area contributed by atoms with E-state index in [-0.39, 0.29) is 23.8 Å². The van der Waals surface area contributed by atoms with Crippen molar-refractivity contribution in [1.29, 1.82) is 0 Å². The van der Waals surface area contributed by atoms with Gasteiger partial charge in [-0.15, -0.1) is 0 Å². The molecule has 2 saturated heterocycles. The number of nitrogens with zero attached hydrogens (tertiary/aromatic N) is 2. The molecule has 2 unspecified atom stereocenters. The molecule has 0 aliphatic carbocycles. The van der Waals surface area contributed by atoms with Crippen LogP contribution in [0.5, 0.6) is 0 Å². The van der Waals surface area contributed by atoms with Crippen molar-refractivity contribution in [2.24, 2.45) is 10.7 Å². The van der Waals surface area contributed by atoms with Crippen molar-refractivity contribution >= 4 is 41.1 Å². The monoisotopic (exact) mass is 509 g/mol. The van der Waals surface area contributed by atoms with Gasteiger partial charge in [-0.2, -0.15) is 0 Å². The minimum atomic E-state index is -0.171. The summed E-state index contributed by atoms with van der Waals surface area (Å²) in [6.45, 7) is 8.45. The van der Waals surface area contributed by atoms with E-state index in [2.05, 4.69) is 22.2 Å². The van der Waals surface area contributed by atoms with Crippen LogP contribution in [0.25, 0.3) is 0 Å². The van der Waals surface area contributed by atoms with Gasteiger partial charge in [0.15, 0.2) is 0 Å². The highest BCUT2D eigenvalue weighted by Gasteiger charge is 2.31.